The average molecular weight is 556 g/mol. The molecule has 7 heteroatoms. The molecule has 2 aromatic rings. The highest BCUT2D eigenvalue weighted by Gasteiger charge is 2.05. The van der Waals surface area contributed by atoms with Crippen molar-refractivity contribution in [1.82, 2.24) is 10.6 Å². The molecule has 0 heterocycles. The molecule has 0 aromatic heterocycles. The number of rotatable bonds is 14. The van der Waals surface area contributed by atoms with Gasteiger partial charge in [-0.2, -0.15) is 0 Å². The van der Waals surface area contributed by atoms with Gasteiger partial charge in [0.25, 0.3) is 0 Å². The Morgan fingerprint density at radius 2 is 1.62 bits per heavy atom. The average Bonchev–Trinajstić information content (AvgIpc) is 2.81. The molecule has 6 nitrogen and oxygen atoms in total. The van der Waals surface area contributed by atoms with Gasteiger partial charge < -0.3 is 24.8 Å². The number of hydrogen-bond acceptors (Lipinski definition) is 4. The molecular formula is C25H38IN3O3. The van der Waals surface area contributed by atoms with Gasteiger partial charge in [-0.3, -0.25) is 4.99 Å². The van der Waals surface area contributed by atoms with Crippen LogP contribution >= 0.6 is 24.0 Å². The number of halogens is 1. The lowest BCUT2D eigenvalue weighted by atomic mass is 10.1. The maximum absolute atomic E-state index is 5.74. The molecule has 0 radical (unpaired) electrons. The minimum atomic E-state index is 0. The fraction of sp³-hybridized carbons (Fsp3) is 0.480. The Kier molecular flexibility index (Phi) is 15.4. The normalized spacial score (nSPS) is 10.9. The third kappa shape index (κ3) is 11.0. The van der Waals surface area contributed by atoms with E-state index in [0.717, 1.165) is 76.0 Å². The van der Waals surface area contributed by atoms with Crippen LogP contribution < -0.4 is 20.1 Å². The van der Waals surface area contributed by atoms with E-state index < -0.39 is 0 Å². The molecule has 0 atom stereocenters. The van der Waals surface area contributed by atoms with Crippen molar-refractivity contribution in [3.05, 3.63) is 59.7 Å². The lowest BCUT2D eigenvalue weighted by Gasteiger charge is -2.12. The Bertz CT molecular complexity index is 772. The molecule has 2 aromatic carbocycles. The molecule has 0 saturated carbocycles. The van der Waals surface area contributed by atoms with Crippen molar-refractivity contribution in [2.45, 2.75) is 32.6 Å². The van der Waals surface area contributed by atoms with Crippen LogP contribution in [0.25, 0.3) is 0 Å². The number of aliphatic imine (C=N–C) groups is 1. The summed E-state index contributed by atoms with van der Waals surface area (Å²) in [6, 6.07) is 16.5. The van der Waals surface area contributed by atoms with Crippen LogP contribution in [0.4, 0.5) is 0 Å². The van der Waals surface area contributed by atoms with E-state index in [4.69, 9.17) is 14.2 Å². The lowest BCUT2D eigenvalue weighted by molar-refractivity contribution is 0.134. The highest BCUT2D eigenvalue weighted by molar-refractivity contribution is 14.0. The molecule has 0 aliphatic heterocycles. The van der Waals surface area contributed by atoms with Gasteiger partial charge in [0.2, 0.25) is 0 Å². The van der Waals surface area contributed by atoms with Crippen LogP contribution in [0.2, 0.25) is 0 Å². The minimum Gasteiger partial charge on any atom is -0.493 e. The van der Waals surface area contributed by atoms with Crippen molar-refractivity contribution in [2.24, 2.45) is 4.99 Å². The van der Waals surface area contributed by atoms with Gasteiger partial charge in [-0.25, -0.2) is 0 Å². The standard InChI is InChI=1S/C25H37N3O3.HI/c1-4-26-25(28-17-14-22-12-13-23(29-2)24(20-22)30-3)27-16-8-9-18-31-19-15-21-10-6-5-7-11-21;/h5-7,10-13,20H,4,8-9,14-19H2,1-3H3,(H2,26,27,28);1H. The fourth-order valence-electron chi connectivity index (χ4n) is 3.15. The molecule has 2 N–H and O–H groups in total. The molecule has 0 unspecified atom stereocenters. The van der Waals surface area contributed by atoms with Crippen LogP contribution in [0.3, 0.4) is 0 Å². The summed E-state index contributed by atoms with van der Waals surface area (Å²) < 4.78 is 16.4. The van der Waals surface area contributed by atoms with Crippen LogP contribution in [-0.4, -0.2) is 53.0 Å². The number of benzene rings is 2. The Hall–Kier alpha value is -2.00. The van der Waals surface area contributed by atoms with E-state index in [-0.39, 0.29) is 24.0 Å². The number of guanidine groups is 1. The van der Waals surface area contributed by atoms with E-state index in [2.05, 4.69) is 52.9 Å². The summed E-state index contributed by atoms with van der Waals surface area (Å²) in [5.74, 6) is 2.36. The third-order valence-electron chi connectivity index (χ3n) is 4.84. The Morgan fingerprint density at radius 3 is 2.34 bits per heavy atom. The molecule has 0 bridgehead atoms. The summed E-state index contributed by atoms with van der Waals surface area (Å²) in [5.41, 5.74) is 2.51. The fourth-order valence-corrected chi connectivity index (χ4v) is 3.15. The minimum absolute atomic E-state index is 0. The maximum Gasteiger partial charge on any atom is 0.191 e. The summed E-state index contributed by atoms with van der Waals surface area (Å²) in [7, 11) is 3.30. The number of unbranched alkanes of at least 4 members (excludes halogenated alkanes) is 1. The molecule has 0 fully saturated rings. The first-order valence-corrected chi connectivity index (χ1v) is 11.1. The molecule has 0 aliphatic rings. The smallest absolute Gasteiger partial charge is 0.191 e. The van der Waals surface area contributed by atoms with Gasteiger partial charge >= 0.3 is 0 Å². The van der Waals surface area contributed by atoms with Crippen LogP contribution in [0.1, 0.15) is 30.9 Å². The van der Waals surface area contributed by atoms with Crippen molar-refractivity contribution in [3.63, 3.8) is 0 Å². The summed E-state index contributed by atoms with van der Waals surface area (Å²) >= 11 is 0. The summed E-state index contributed by atoms with van der Waals surface area (Å²) in [6.45, 7) is 6.05. The first-order chi connectivity index (χ1) is 15.3. The number of hydrogen-bond donors (Lipinski definition) is 2. The van der Waals surface area contributed by atoms with Crippen LogP contribution in [0.15, 0.2) is 53.5 Å². The van der Waals surface area contributed by atoms with Gasteiger partial charge in [0.05, 0.1) is 20.8 Å². The van der Waals surface area contributed by atoms with E-state index in [1.165, 1.54) is 11.1 Å². The molecule has 0 amide bonds. The number of ether oxygens (including phenoxy) is 3. The van der Waals surface area contributed by atoms with Gasteiger partial charge in [-0.15, -0.1) is 24.0 Å². The number of nitrogens with zero attached hydrogens (tertiary/aromatic N) is 1. The zero-order valence-corrected chi connectivity index (χ0v) is 21.9. The second kappa shape index (κ2) is 17.5. The topological polar surface area (TPSA) is 64.1 Å². The van der Waals surface area contributed by atoms with Crippen molar-refractivity contribution in [3.8, 4) is 11.5 Å². The Morgan fingerprint density at radius 1 is 0.844 bits per heavy atom. The maximum atomic E-state index is 5.74. The second-order valence-electron chi connectivity index (χ2n) is 7.18. The lowest BCUT2D eigenvalue weighted by Crippen LogP contribution is -2.38. The molecule has 0 spiro atoms. The van der Waals surface area contributed by atoms with Gasteiger partial charge in [-0.05, 0) is 55.9 Å². The van der Waals surface area contributed by atoms with Crippen molar-refractivity contribution in [2.75, 3.05) is 47.1 Å². The largest absolute Gasteiger partial charge is 0.493 e. The van der Waals surface area contributed by atoms with E-state index in [9.17, 15) is 0 Å². The summed E-state index contributed by atoms with van der Waals surface area (Å²) in [5, 5.41) is 6.70. The molecule has 0 aliphatic carbocycles. The highest BCUT2D eigenvalue weighted by Crippen LogP contribution is 2.27. The van der Waals surface area contributed by atoms with Crippen molar-refractivity contribution >= 4 is 29.9 Å². The molecule has 178 valence electrons. The van der Waals surface area contributed by atoms with Gasteiger partial charge in [0.1, 0.15) is 0 Å². The molecule has 32 heavy (non-hydrogen) atoms. The summed E-state index contributed by atoms with van der Waals surface area (Å²) in [4.78, 5) is 4.67. The van der Waals surface area contributed by atoms with Crippen molar-refractivity contribution in [1.29, 1.82) is 0 Å². The van der Waals surface area contributed by atoms with Crippen molar-refractivity contribution < 1.29 is 14.2 Å². The van der Waals surface area contributed by atoms with E-state index in [1.54, 1.807) is 14.2 Å². The van der Waals surface area contributed by atoms with Crippen LogP contribution in [0, 0.1) is 0 Å². The monoisotopic (exact) mass is 555 g/mol. The van der Waals surface area contributed by atoms with Crippen LogP contribution in [0.5, 0.6) is 11.5 Å². The van der Waals surface area contributed by atoms with Crippen LogP contribution in [-0.2, 0) is 17.6 Å². The van der Waals surface area contributed by atoms with Gasteiger partial charge in [0.15, 0.2) is 17.5 Å². The predicted octanol–water partition coefficient (Wildman–Crippen LogP) is 4.46. The van der Waals surface area contributed by atoms with E-state index in [0.29, 0.717) is 0 Å². The molecule has 0 saturated heterocycles. The first kappa shape index (κ1) is 28.0. The number of nitrogens with one attached hydrogen (secondary N) is 2. The molecular weight excluding hydrogens is 517 g/mol. The highest BCUT2D eigenvalue weighted by atomic mass is 127. The van der Waals surface area contributed by atoms with E-state index in [1.807, 2.05) is 18.2 Å². The Balaban J connectivity index is 0.00000512. The second-order valence-corrected chi connectivity index (χ2v) is 7.18. The first-order valence-electron chi connectivity index (χ1n) is 11.1. The zero-order chi connectivity index (χ0) is 22.2. The van der Waals surface area contributed by atoms with Gasteiger partial charge in [-0.1, -0.05) is 36.4 Å². The number of methoxy groups -OCH3 is 2. The Labute approximate surface area is 210 Å². The van der Waals surface area contributed by atoms with Gasteiger partial charge in [0, 0.05) is 26.2 Å². The SMILES string of the molecule is CCNC(=NCCCCOCCc1ccccc1)NCCc1ccc(OC)c(OC)c1.I. The third-order valence-corrected chi connectivity index (χ3v) is 4.84. The van der Waals surface area contributed by atoms with E-state index >= 15 is 0 Å². The predicted molar refractivity (Wildman–Crippen MR) is 143 cm³/mol. The quantitative estimate of drug-likeness (QED) is 0.156. The summed E-state index contributed by atoms with van der Waals surface area (Å²) in [6.07, 6.45) is 3.87. The molecule has 2 rings (SSSR count). The zero-order valence-electron chi connectivity index (χ0n) is 19.6.